The molecule has 0 saturated carbocycles. The van der Waals surface area contributed by atoms with E-state index in [9.17, 15) is 15.2 Å². The molecule has 39 heavy (non-hydrogen) atoms. The zero-order valence-corrected chi connectivity index (χ0v) is 21.9. The van der Waals surface area contributed by atoms with E-state index in [0.29, 0.717) is 42.9 Å². The fourth-order valence-electron chi connectivity index (χ4n) is 5.20. The van der Waals surface area contributed by atoms with E-state index >= 15 is 0 Å². The van der Waals surface area contributed by atoms with Crippen LogP contribution in [0.5, 0.6) is 5.75 Å². The number of aliphatic hydroxyl groups excluding tert-OH is 1. The standard InChI is InChI=1S/C29H31N7O3/c1-2-39-24-15-25(28-22(17-30)19-33-36(28)20-24)21-6-7-26(32-18-21)35-12-9-29(10-13-35,34-27(38)8-14-37)16-23-5-3-4-11-31-23/h3-7,11,15,18-20,37H,2,8-10,12-14,16H2,1H3,(H,34,38). The smallest absolute Gasteiger partial charge is 0.222 e. The summed E-state index contributed by atoms with van der Waals surface area (Å²) < 4.78 is 7.39. The molecule has 1 amide bonds. The molecule has 10 heteroatoms. The maximum absolute atomic E-state index is 12.5. The molecule has 0 atom stereocenters. The van der Waals surface area contributed by atoms with Gasteiger partial charge in [-0.2, -0.15) is 10.4 Å². The molecule has 1 saturated heterocycles. The van der Waals surface area contributed by atoms with Crippen molar-refractivity contribution in [2.24, 2.45) is 0 Å². The van der Waals surface area contributed by atoms with Crippen molar-refractivity contribution in [2.45, 2.75) is 38.1 Å². The van der Waals surface area contributed by atoms with Crippen LogP contribution in [0.25, 0.3) is 16.6 Å². The Bertz CT molecular complexity index is 1470. The predicted octanol–water partition coefficient (Wildman–Crippen LogP) is 3.14. The molecule has 4 aromatic rings. The molecular weight excluding hydrogens is 494 g/mol. The van der Waals surface area contributed by atoms with Crippen LogP contribution in [0.4, 0.5) is 5.82 Å². The van der Waals surface area contributed by atoms with Crippen molar-refractivity contribution < 1.29 is 14.6 Å². The van der Waals surface area contributed by atoms with E-state index in [1.165, 1.54) is 0 Å². The molecule has 0 aliphatic carbocycles. The molecule has 1 aliphatic heterocycles. The van der Waals surface area contributed by atoms with Gasteiger partial charge in [0, 0.05) is 60.7 Å². The summed E-state index contributed by atoms with van der Waals surface area (Å²) in [5.41, 5.74) is 3.38. The molecule has 0 radical (unpaired) electrons. The molecular formula is C29H31N7O3. The van der Waals surface area contributed by atoms with E-state index in [-0.39, 0.29) is 18.9 Å². The van der Waals surface area contributed by atoms with E-state index in [1.807, 2.05) is 49.5 Å². The number of aromatic nitrogens is 4. The Morgan fingerprint density at radius 1 is 1.21 bits per heavy atom. The summed E-state index contributed by atoms with van der Waals surface area (Å²) in [6.45, 7) is 3.69. The van der Waals surface area contributed by atoms with Crippen LogP contribution in [0.15, 0.2) is 61.2 Å². The lowest BCUT2D eigenvalue weighted by Crippen LogP contribution is -2.57. The number of nitriles is 1. The van der Waals surface area contributed by atoms with Crippen LogP contribution in [-0.2, 0) is 11.2 Å². The number of ether oxygens (including phenoxy) is 1. The summed E-state index contributed by atoms with van der Waals surface area (Å²) in [5.74, 6) is 1.36. The summed E-state index contributed by atoms with van der Waals surface area (Å²) in [6, 6.07) is 13.9. The molecule has 4 aromatic heterocycles. The fourth-order valence-corrected chi connectivity index (χ4v) is 5.20. The highest BCUT2D eigenvalue weighted by Gasteiger charge is 2.36. The van der Waals surface area contributed by atoms with Crippen molar-refractivity contribution >= 4 is 17.2 Å². The minimum absolute atomic E-state index is 0.0825. The first-order valence-corrected chi connectivity index (χ1v) is 13.1. The lowest BCUT2D eigenvalue weighted by Gasteiger charge is -2.43. The minimum atomic E-state index is -0.432. The molecule has 0 spiro atoms. The van der Waals surface area contributed by atoms with E-state index in [0.717, 1.165) is 35.5 Å². The first-order chi connectivity index (χ1) is 19.0. The van der Waals surface area contributed by atoms with Gasteiger partial charge in [-0.3, -0.25) is 9.78 Å². The van der Waals surface area contributed by atoms with Gasteiger partial charge in [-0.05, 0) is 50.1 Å². The van der Waals surface area contributed by atoms with E-state index < -0.39 is 5.54 Å². The zero-order valence-electron chi connectivity index (χ0n) is 21.9. The fraction of sp³-hybridized carbons (Fsp3) is 0.345. The second-order valence-electron chi connectivity index (χ2n) is 9.68. The highest BCUT2D eigenvalue weighted by atomic mass is 16.5. The van der Waals surface area contributed by atoms with Crippen molar-refractivity contribution in [1.29, 1.82) is 5.26 Å². The van der Waals surface area contributed by atoms with Crippen molar-refractivity contribution in [3.8, 4) is 22.9 Å². The van der Waals surface area contributed by atoms with Crippen LogP contribution >= 0.6 is 0 Å². The molecule has 1 aliphatic rings. The Balaban J connectivity index is 1.36. The number of carbonyl (C=O) groups is 1. The Labute approximate surface area is 226 Å². The molecule has 200 valence electrons. The Morgan fingerprint density at radius 3 is 2.72 bits per heavy atom. The van der Waals surface area contributed by atoms with Gasteiger partial charge in [-0.1, -0.05) is 6.07 Å². The molecule has 0 unspecified atom stereocenters. The number of nitrogens with zero attached hydrogens (tertiary/aromatic N) is 6. The third kappa shape index (κ3) is 5.68. The van der Waals surface area contributed by atoms with Crippen LogP contribution in [-0.4, -0.2) is 62.4 Å². The molecule has 5 rings (SSSR count). The van der Waals surface area contributed by atoms with E-state index in [4.69, 9.17) is 9.72 Å². The zero-order chi connectivity index (χ0) is 27.2. The molecule has 10 nitrogen and oxygen atoms in total. The number of hydrogen-bond donors (Lipinski definition) is 2. The average molecular weight is 526 g/mol. The number of nitrogens with one attached hydrogen (secondary N) is 1. The normalized spacial score (nSPS) is 14.6. The van der Waals surface area contributed by atoms with Crippen molar-refractivity contribution in [3.63, 3.8) is 0 Å². The van der Waals surface area contributed by atoms with Crippen molar-refractivity contribution in [2.75, 3.05) is 31.2 Å². The number of piperidine rings is 1. The highest BCUT2D eigenvalue weighted by Crippen LogP contribution is 2.33. The Hall–Kier alpha value is -4.49. The number of anilines is 1. The summed E-state index contributed by atoms with van der Waals surface area (Å²) in [6.07, 6.45) is 9.07. The molecule has 2 N–H and O–H groups in total. The lowest BCUT2D eigenvalue weighted by atomic mass is 9.82. The number of pyridine rings is 3. The van der Waals surface area contributed by atoms with Crippen LogP contribution in [0, 0.1) is 11.3 Å². The Kier molecular flexibility index (Phi) is 7.70. The van der Waals surface area contributed by atoms with Crippen LogP contribution in [0.1, 0.15) is 37.4 Å². The molecule has 0 bridgehead atoms. The van der Waals surface area contributed by atoms with Gasteiger partial charge in [0.15, 0.2) is 0 Å². The third-order valence-electron chi connectivity index (χ3n) is 7.11. The number of fused-ring (bicyclic) bond motifs is 1. The quantitative estimate of drug-likeness (QED) is 0.341. The topological polar surface area (TPSA) is 129 Å². The Morgan fingerprint density at radius 2 is 2.05 bits per heavy atom. The first kappa shape index (κ1) is 26.1. The number of rotatable bonds is 9. The summed E-state index contributed by atoms with van der Waals surface area (Å²) in [4.78, 5) is 23.9. The maximum Gasteiger partial charge on any atom is 0.222 e. The van der Waals surface area contributed by atoms with Gasteiger partial charge in [-0.25, -0.2) is 9.50 Å². The molecule has 0 aromatic carbocycles. The van der Waals surface area contributed by atoms with Crippen LogP contribution in [0.2, 0.25) is 0 Å². The second kappa shape index (κ2) is 11.5. The van der Waals surface area contributed by atoms with Crippen LogP contribution < -0.4 is 15.0 Å². The minimum Gasteiger partial charge on any atom is -0.492 e. The van der Waals surface area contributed by atoms with E-state index in [2.05, 4.69) is 26.4 Å². The second-order valence-corrected chi connectivity index (χ2v) is 9.68. The maximum atomic E-state index is 12.5. The van der Waals surface area contributed by atoms with Gasteiger partial charge >= 0.3 is 0 Å². The summed E-state index contributed by atoms with van der Waals surface area (Å²) in [5, 5.41) is 26.4. The molecule has 1 fully saturated rings. The van der Waals surface area contributed by atoms with Gasteiger partial charge in [0.25, 0.3) is 0 Å². The number of amides is 1. The average Bonchev–Trinajstić information content (AvgIpc) is 3.37. The SMILES string of the molecule is CCOc1cc(-c2ccc(N3CCC(Cc4ccccn4)(NC(=O)CCO)CC3)nc2)c2c(C#N)cnn2c1. The lowest BCUT2D eigenvalue weighted by molar-refractivity contribution is -0.124. The summed E-state index contributed by atoms with van der Waals surface area (Å²) >= 11 is 0. The molecule has 5 heterocycles. The van der Waals surface area contributed by atoms with E-state index in [1.54, 1.807) is 23.1 Å². The van der Waals surface area contributed by atoms with Gasteiger partial charge in [0.05, 0.1) is 36.7 Å². The van der Waals surface area contributed by atoms with Gasteiger partial charge in [-0.15, -0.1) is 0 Å². The monoisotopic (exact) mass is 525 g/mol. The summed E-state index contributed by atoms with van der Waals surface area (Å²) in [7, 11) is 0. The first-order valence-electron chi connectivity index (χ1n) is 13.1. The van der Waals surface area contributed by atoms with Gasteiger partial charge < -0.3 is 20.1 Å². The number of carbonyl (C=O) groups excluding carboxylic acids is 1. The number of aliphatic hydroxyl groups is 1. The van der Waals surface area contributed by atoms with Crippen molar-refractivity contribution in [3.05, 3.63) is 72.4 Å². The highest BCUT2D eigenvalue weighted by molar-refractivity contribution is 5.85. The predicted molar refractivity (Wildman–Crippen MR) is 146 cm³/mol. The van der Waals surface area contributed by atoms with Gasteiger partial charge in [0.2, 0.25) is 5.91 Å². The number of hydrogen-bond acceptors (Lipinski definition) is 8. The van der Waals surface area contributed by atoms with Crippen LogP contribution in [0.3, 0.4) is 0 Å². The van der Waals surface area contributed by atoms with Gasteiger partial charge in [0.1, 0.15) is 17.6 Å². The van der Waals surface area contributed by atoms with Crippen molar-refractivity contribution in [1.82, 2.24) is 24.9 Å². The largest absolute Gasteiger partial charge is 0.492 e. The third-order valence-corrected chi connectivity index (χ3v) is 7.11.